The quantitative estimate of drug-likeness (QED) is 0.315. The van der Waals surface area contributed by atoms with Gasteiger partial charge in [-0.2, -0.15) is 0 Å². The molecule has 7 nitrogen and oxygen atoms in total. The van der Waals surface area contributed by atoms with Gasteiger partial charge in [-0.05, 0) is 48.7 Å². The van der Waals surface area contributed by atoms with Gasteiger partial charge < -0.3 is 24.4 Å². The average Bonchev–Trinajstić information content (AvgIpc) is 3.48. The predicted octanol–water partition coefficient (Wildman–Crippen LogP) is 6.30. The van der Waals surface area contributed by atoms with Crippen LogP contribution in [0, 0.1) is 6.57 Å². The van der Waals surface area contributed by atoms with Crippen LogP contribution in [0.15, 0.2) is 60.7 Å². The number of hydrogen-bond donors (Lipinski definition) is 2. The summed E-state index contributed by atoms with van der Waals surface area (Å²) in [6, 6.07) is 18.5. The minimum Gasteiger partial charge on any atom is -0.497 e. The molecule has 2 aliphatic rings. The summed E-state index contributed by atoms with van der Waals surface area (Å²) in [5, 5.41) is 24.6. The number of hydrogen-bond acceptors (Lipinski definition) is 5. The lowest BCUT2D eigenvalue weighted by Crippen LogP contribution is -2.25. The Labute approximate surface area is 208 Å². The van der Waals surface area contributed by atoms with Crippen molar-refractivity contribution >= 4 is 16.5 Å². The molecule has 2 N–H and O–H groups in total. The first-order valence-corrected chi connectivity index (χ1v) is 11.9. The number of methoxy groups -OCH3 is 1. The molecule has 0 saturated carbocycles. The highest BCUT2D eigenvalue weighted by atomic mass is 16.5. The lowest BCUT2D eigenvalue weighted by molar-refractivity contribution is -0.0876. The molecule has 3 heterocycles. The first-order chi connectivity index (χ1) is 17.4. The number of aromatic nitrogens is 1. The smallest absolute Gasteiger partial charge is 0.205 e. The fourth-order valence-corrected chi connectivity index (χ4v) is 5.92. The standard InChI is InChI=1S/C29H26N2O5/c1-28-13-14-29(36-28,15-16-35-19-8-6-7-18(17-19)34-3)25-24(28)26(32)31(27(25)33)23-12-11-22(30-2)20-9-4-5-10-21(20)23/h4-12,17,32-33H,13-16H2,1,3H3. The molecule has 0 aliphatic carbocycles. The highest BCUT2D eigenvalue weighted by Crippen LogP contribution is 2.65. The van der Waals surface area contributed by atoms with E-state index in [2.05, 4.69) is 4.85 Å². The molecular weight excluding hydrogens is 456 g/mol. The van der Waals surface area contributed by atoms with Crippen LogP contribution in [0.2, 0.25) is 0 Å². The molecule has 2 aliphatic heterocycles. The highest BCUT2D eigenvalue weighted by molar-refractivity contribution is 6.00. The Morgan fingerprint density at radius 2 is 1.72 bits per heavy atom. The van der Waals surface area contributed by atoms with E-state index in [0.717, 1.165) is 22.9 Å². The van der Waals surface area contributed by atoms with Crippen LogP contribution in [-0.4, -0.2) is 28.5 Å². The van der Waals surface area contributed by atoms with E-state index in [1.807, 2.05) is 55.5 Å². The summed E-state index contributed by atoms with van der Waals surface area (Å²) in [5.41, 5.74) is 0.932. The first-order valence-electron chi connectivity index (χ1n) is 11.9. The molecule has 1 fully saturated rings. The maximum Gasteiger partial charge on any atom is 0.205 e. The van der Waals surface area contributed by atoms with Crippen molar-refractivity contribution in [2.75, 3.05) is 13.7 Å². The lowest BCUT2D eigenvalue weighted by Gasteiger charge is -2.26. The summed E-state index contributed by atoms with van der Waals surface area (Å²) in [6.07, 6.45) is 1.96. The van der Waals surface area contributed by atoms with Gasteiger partial charge in [0.2, 0.25) is 11.8 Å². The third kappa shape index (κ3) is 3.08. The maximum absolute atomic E-state index is 11.6. The van der Waals surface area contributed by atoms with Crippen LogP contribution in [0.5, 0.6) is 23.3 Å². The largest absolute Gasteiger partial charge is 0.497 e. The van der Waals surface area contributed by atoms with E-state index in [1.165, 1.54) is 4.57 Å². The van der Waals surface area contributed by atoms with Crippen molar-refractivity contribution in [2.45, 2.75) is 37.4 Å². The molecule has 2 bridgehead atoms. The van der Waals surface area contributed by atoms with Crippen molar-refractivity contribution in [3.63, 3.8) is 0 Å². The van der Waals surface area contributed by atoms with Crippen molar-refractivity contribution in [3.8, 4) is 28.9 Å². The minimum atomic E-state index is -0.762. The normalized spacial score (nSPS) is 21.9. The first kappa shape index (κ1) is 22.3. The molecule has 0 amide bonds. The van der Waals surface area contributed by atoms with Crippen LogP contribution in [0.4, 0.5) is 5.69 Å². The molecule has 0 radical (unpaired) electrons. The molecule has 6 rings (SSSR count). The molecule has 7 heteroatoms. The van der Waals surface area contributed by atoms with Gasteiger partial charge in [-0.15, -0.1) is 0 Å². The van der Waals surface area contributed by atoms with Crippen LogP contribution >= 0.6 is 0 Å². The van der Waals surface area contributed by atoms with Crippen molar-refractivity contribution < 1.29 is 24.4 Å². The van der Waals surface area contributed by atoms with Crippen molar-refractivity contribution in [1.29, 1.82) is 0 Å². The van der Waals surface area contributed by atoms with Crippen LogP contribution in [0.3, 0.4) is 0 Å². The van der Waals surface area contributed by atoms with E-state index in [9.17, 15) is 10.2 Å². The number of ether oxygens (including phenoxy) is 3. The molecular formula is C29H26N2O5. The zero-order valence-electron chi connectivity index (χ0n) is 20.1. The van der Waals surface area contributed by atoms with Gasteiger partial charge in [-0.3, -0.25) is 4.57 Å². The van der Waals surface area contributed by atoms with Crippen LogP contribution in [0.25, 0.3) is 21.3 Å². The zero-order valence-corrected chi connectivity index (χ0v) is 20.1. The highest BCUT2D eigenvalue weighted by Gasteiger charge is 2.61. The minimum absolute atomic E-state index is 0.0268. The number of aromatic hydroxyl groups is 2. The third-order valence-corrected chi connectivity index (χ3v) is 7.59. The van der Waals surface area contributed by atoms with Gasteiger partial charge in [0.25, 0.3) is 0 Å². The zero-order chi connectivity index (χ0) is 25.1. The molecule has 36 heavy (non-hydrogen) atoms. The fraction of sp³-hybridized carbons (Fsp3) is 0.276. The SMILES string of the molecule is [C-]#[N+]c1ccc(-n2c(O)c3c(c2O)C2(CCOc4cccc(OC)c4)CCC3(C)O2)c2ccccc12. The summed E-state index contributed by atoms with van der Waals surface area (Å²) < 4.78 is 19.3. The summed E-state index contributed by atoms with van der Waals surface area (Å²) in [7, 11) is 1.61. The Kier molecular flexibility index (Phi) is 4.92. The summed E-state index contributed by atoms with van der Waals surface area (Å²) in [4.78, 5) is 3.63. The summed E-state index contributed by atoms with van der Waals surface area (Å²) in [5.74, 6) is 1.35. The Morgan fingerprint density at radius 1 is 0.972 bits per heavy atom. The monoisotopic (exact) mass is 482 g/mol. The molecule has 1 saturated heterocycles. The van der Waals surface area contributed by atoms with E-state index < -0.39 is 11.2 Å². The van der Waals surface area contributed by atoms with Gasteiger partial charge in [-0.25, -0.2) is 4.85 Å². The Hall–Kier alpha value is -4.15. The van der Waals surface area contributed by atoms with E-state index in [1.54, 1.807) is 19.2 Å². The van der Waals surface area contributed by atoms with E-state index in [4.69, 9.17) is 20.8 Å². The lowest BCUT2D eigenvalue weighted by atomic mass is 9.78. The summed E-state index contributed by atoms with van der Waals surface area (Å²) in [6.45, 7) is 9.85. The van der Waals surface area contributed by atoms with Crippen molar-refractivity contribution in [1.82, 2.24) is 4.57 Å². The van der Waals surface area contributed by atoms with Gasteiger partial charge in [0.05, 0.1) is 42.7 Å². The van der Waals surface area contributed by atoms with Crippen LogP contribution in [-0.2, 0) is 15.9 Å². The second kappa shape index (κ2) is 7.94. The van der Waals surface area contributed by atoms with Gasteiger partial charge in [-0.1, -0.05) is 36.4 Å². The number of nitrogens with zero attached hydrogens (tertiary/aromatic N) is 2. The molecule has 1 aromatic heterocycles. The molecule has 3 aromatic carbocycles. The van der Waals surface area contributed by atoms with E-state index >= 15 is 0 Å². The second-order valence-electron chi connectivity index (χ2n) is 9.60. The second-order valence-corrected chi connectivity index (χ2v) is 9.60. The number of benzene rings is 3. The molecule has 0 spiro atoms. The van der Waals surface area contributed by atoms with Crippen molar-refractivity contribution in [3.05, 3.63) is 83.2 Å². The maximum atomic E-state index is 11.6. The van der Waals surface area contributed by atoms with Gasteiger partial charge in [0.15, 0.2) is 5.69 Å². The van der Waals surface area contributed by atoms with Gasteiger partial charge >= 0.3 is 0 Å². The molecule has 182 valence electrons. The Morgan fingerprint density at radius 3 is 2.50 bits per heavy atom. The van der Waals surface area contributed by atoms with Crippen LogP contribution < -0.4 is 9.47 Å². The molecule has 2 atom stereocenters. The van der Waals surface area contributed by atoms with Crippen LogP contribution in [0.1, 0.15) is 37.3 Å². The van der Waals surface area contributed by atoms with Gasteiger partial charge in [0, 0.05) is 12.5 Å². The fourth-order valence-electron chi connectivity index (χ4n) is 5.92. The van der Waals surface area contributed by atoms with Crippen molar-refractivity contribution in [2.24, 2.45) is 0 Å². The third-order valence-electron chi connectivity index (χ3n) is 7.59. The number of fused-ring (bicyclic) bond motifs is 6. The Balaban J connectivity index is 1.41. The number of rotatable bonds is 6. The Bertz CT molecular complexity index is 1550. The average molecular weight is 483 g/mol. The van der Waals surface area contributed by atoms with E-state index in [0.29, 0.717) is 47.7 Å². The topological polar surface area (TPSA) is 77.4 Å². The summed E-state index contributed by atoms with van der Waals surface area (Å²) >= 11 is 0. The molecule has 4 aromatic rings. The van der Waals surface area contributed by atoms with E-state index in [-0.39, 0.29) is 11.8 Å². The molecule has 2 unspecified atom stereocenters. The van der Waals surface area contributed by atoms with Gasteiger partial charge in [0.1, 0.15) is 17.1 Å². The predicted molar refractivity (Wildman–Crippen MR) is 135 cm³/mol.